The summed E-state index contributed by atoms with van der Waals surface area (Å²) in [6.07, 6.45) is 0.469. The van der Waals surface area contributed by atoms with E-state index in [9.17, 15) is 14.0 Å². The van der Waals surface area contributed by atoms with Gasteiger partial charge in [0, 0.05) is 31.2 Å². The largest absolute Gasteiger partial charge is 0.496 e. The molecule has 2 amide bonds. The first-order valence-corrected chi connectivity index (χ1v) is 10.5. The first kappa shape index (κ1) is 22.7. The number of rotatable bonds is 7. The Hall–Kier alpha value is -2.93. The molecule has 0 spiro atoms. The van der Waals surface area contributed by atoms with Crippen LogP contribution >= 0.6 is 0 Å². The summed E-state index contributed by atoms with van der Waals surface area (Å²) >= 11 is 0. The topological polar surface area (TPSA) is 59.1 Å². The molecule has 1 saturated heterocycles. The number of methoxy groups -OCH3 is 1. The van der Waals surface area contributed by atoms with Crippen LogP contribution in [0, 0.1) is 5.82 Å². The summed E-state index contributed by atoms with van der Waals surface area (Å²) in [6.45, 7) is 5.59. The molecule has 7 heteroatoms. The van der Waals surface area contributed by atoms with E-state index in [1.54, 1.807) is 29.0 Å². The fourth-order valence-electron chi connectivity index (χ4n) is 3.67. The summed E-state index contributed by atoms with van der Waals surface area (Å²) in [4.78, 5) is 29.6. The lowest BCUT2D eigenvalue weighted by atomic mass is 10.1. The molecule has 0 aromatic heterocycles. The van der Waals surface area contributed by atoms with Gasteiger partial charge in [0.1, 0.15) is 11.6 Å². The van der Waals surface area contributed by atoms with Crippen LogP contribution < -0.4 is 4.74 Å². The van der Waals surface area contributed by atoms with Gasteiger partial charge in [-0.05, 0) is 49.7 Å². The second-order valence-corrected chi connectivity index (χ2v) is 7.67. The van der Waals surface area contributed by atoms with Crippen molar-refractivity contribution in [1.29, 1.82) is 0 Å². The molecule has 31 heavy (non-hydrogen) atoms. The van der Waals surface area contributed by atoms with E-state index in [-0.39, 0.29) is 29.8 Å². The van der Waals surface area contributed by atoms with Crippen molar-refractivity contribution >= 4 is 11.8 Å². The molecule has 0 bridgehead atoms. The van der Waals surface area contributed by atoms with Gasteiger partial charge in [0.15, 0.2) is 0 Å². The van der Waals surface area contributed by atoms with Crippen molar-refractivity contribution in [3.05, 3.63) is 65.5 Å². The van der Waals surface area contributed by atoms with Crippen LogP contribution in [0.4, 0.5) is 4.39 Å². The van der Waals surface area contributed by atoms with E-state index in [1.807, 2.05) is 26.0 Å². The molecule has 0 radical (unpaired) electrons. The molecule has 2 aromatic carbocycles. The highest BCUT2D eigenvalue weighted by Gasteiger charge is 2.30. The third-order valence-corrected chi connectivity index (χ3v) is 5.64. The Kier molecular flexibility index (Phi) is 7.63. The number of carbonyl (C=O) groups excluding carboxylic acids is 2. The van der Waals surface area contributed by atoms with Crippen molar-refractivity contribution in [3.63, 3.8) is 0 Å². The maximum atomic E-state index is 13.3. The predicted molar refractivity (Wildman–Crippen MR) is 116 cm³/mol. The second kappa shape index (κ2) is 10.4. The van der Waals surface area contributed by atoms with E-state index < -0.39 is 0 Å². The van der Waals surface area contributed by atoms with Gasteiger partial charge < -0.3 is 19.3 Å². The Morgan fingerprint density at radius 2 is 1.94 bits per heavy atom. The van der Waals surface area contributed by atoms with Crippen LogP contribution in [0.5, 0.6) is 5.75 Å². The van der Waals surface area contributed by atoms with Gasteiger partial charge in [-0.2, -0.15) is 0 Å². The lowest BCUT2D eigenvalue weighted by Crippen LogP contribution is -2.52. The SMILES string of the molecule is CCC(C)N(CC1CN(C(=O)c2ccc(F)cc2)CCO1)C(=O)c1ccccc1OC. The summed E-state index contributed by atoms with van der Waals surface area (Å²) in [5.74, 6) is -0.147. The van der Waals surface area contributed by atoms with Crippen molar-refractivity contribution < 1.29 is 23.5 Å². The lowest BCUT2D eigenvalue weighted by Gasteiger charge is -2.37. The van der Waals surface area contributed by atoms with Gasteiger partial charge in [-0.15, -0.1) is 0 Å². The van der Waals surface area contributed by atoms with Crippen LogP contribution in [0.2, 0.25) is 0 Å². The lowest BCUT2D eigenvalue weighted by molar-refractivity contribution is -0.0368. The van der Waals surface area contributed by atoms with E-state index in [0.717, 1.165) is 6.42 Å². The molecule has 0 N–H and O–H groups in total. The number of benzene rings is 2. The van der Waals surface area contributed by atoms with Crippen LogP contribution in [0.25, 0.3) is 0 Å². The maximum Gasteiger partial charge on any atom is 0.257 e. The number of hydrogen-bond acceptors (Lipinski definition) is 4. The van der Waals surface area contributed by atoms with Gasteiger partial charge >= 0.3 is 0 Å². The molecular formula is C24H29FN2O4. The van der Waals surface area contributed by atoms with Crippen molar-refractivity contribution in [2.45, 2.75) is 32.4 Å². The van der Waals surface area contributed by atoms with Crippen molar-refractivity contribution in [3.8, 4) is 5.75 Å². The van der Waals surface area contributed by atoms with Crippen molar-refractivity contribution in [2.75, 3.05) is 33.4 Å². The van der Waals surface area contributed by atoms with Crippen LogP contribution in [-0.2, 0) is 4.74 Å². The average molecular weight is 429 g/mol. The van der Waals surface area contributed by atoms with E-state index in [1.165, 1.54) is 24.3 Å². The molecule has 2 aromatic rings. The number of morpholine rings is 1. The van der Waals surface area contributed by atoms with Gasteiger partial charge in [0.25, 0.3) is 11.8 Å². The number of nitrogens with zero attached hydrogens (tertiary/aromatic N) is 2. The Morgan fingerprint density at radius 1 is 1.23 bits per heavy atom. The van der Waals surface area contributed by atoms with Gasteiger partial charge in [-0.1, -0.05) is 19.1 Å². The zero-order valence-corrected chi connectivity index (χ0v) is 18.2. The minimum atomic E-state index is -0.379. The fraction of sp³-hybridized carbons (Fsp3) is 0.417. The first-order chi connectivity index (χ1) is 14.9. The molecule has 2 atom stereocenters. The van der Waals surface area contributed by atoms with Crippen LogP contribution in [0.3, 0.4) is 0 Å². The fourth-order valence-corrected chi connectivity index (χ4v) is 3.67. The van der Waals surface area contributed by atoms with E-state index in [4.69, 9.17) is 9.47 Å². The zero-order chi connectivity index (χ0) is 22.4. The van der Waals surface area contributed by atoms with Crippen molar-refractivity contribution in [2.24, 2.45) is 0 Å². The minimum Gasteiger partial charge on any atom is -0.496 e. The quantitative estimate of drug-likeness (QED) is 0.676. The summed E-state index contributed by atoms with van der Waals surface area (Å²) in [5.41, 5.74) is 0.936. The Morgan fingerprint density at radius 3 is 2.61 bits per heavy atom. The van der Waals surface area contributed by atoms with Crippen LogP contribution in [0.15, 0.2) is 48.5 Å². The standard InChI is InChI=1S/C24H29FN2O4/c1-4-17(2)27(24(29)21-7-5-6-8-22(21)30-3)16-20-15-26(13-14-31-20)23(28)18-9-11-19(25)12-10-18/h5-12,17,20H,4,13-16H2,1-3H3. The number of ether oxygens (including phenoxy) is 2. The van der Waals surface area contributed by atoms with Crippen molar-refractivity contribution in [1.82, 2.24) is 9.80 Å². The molecule has 1 fully saturated rings. The Labute approximate surface area is 182 Å². The summed E-state index contributed by atoms with van der Waals surface area (Å²) in [6, 6.07) is 12.7. The minimum absolute atomic E-state index is 0.0100. The molecule has 1 heterocycles. The smallest absolute Gasteiger partial charge is 0.257 e. The monoisotopic (exact) mass is 428 g/mol. The number of halogens is 1. The normalized spacial score (nSPS) is 17.2. The molecule has 1 aliphatic heterocycles. The van der Waals surface area contributed by atoms with E-state index >= 15 is 0 Å². The number of carbonyl (C=O) groups is 2. The summed E-state index contributed by atoms with van der Waals surface area (Å²) < 4.78 is 24.5. The van der Waals surface area contributed by atoms with Crippen LogP contribution in [0.1, 0.15) is 41.0 Å². The Bertz CT molecular complexity index is 903. The third kappa shape index (κ3) is 5.41. The van der Waals surface area contributed by atoms with Gasteiger partial charge in [0.05, 0.1) is 25.4 Å². The molecule has 166 valence electrons. The predicted octanol–water partition coefficient (Wildman–Crippen LogP) is 3.62. The molecule has 0 aliphatic carbocycles. The first-order valence-electron chi connectivity index (χ1n) is 10.5. The van der Waals surface area contributed by atoms with E-state index in [0.29, 0.717) is 43.1 Å². The highest BCUT2D eigenvalue weighted by atomic mass is 19.1. The van der Waals surface area contributed by atoms with Gasteiger partial charge in [0.2, 0.25) is 0 Å². The van der Waals surface area contributed by atoms with Crippen LogP contribution in [-0.4, -0.2) is 67.1 Å². The third-order valence-electron chi connectivity index (χ3n) is 5.64. The molecule has 0 saturated carbocycles. The summed E-state index contributed by atoms with van der Waals surface area (Å²) in [5, 5.41) is 0. The molecule has 3 rings (SSSR count). The Balaban J connectivity index is 1.74. The summed E-state index contributed by atoms with van der Waals surface area (Å²) in [7, 11) is 1.54. The number of amides is 2. The maximum absolute atomic E-state index is 13.3. The molecule has 1 aliphatic rings. The average Bonchev–Trinajstić information content (AvgIpc) is 2.81. The second-order valence-electron chi connectivity index (χ2n) is 7.67. The van der Waals surface area contributed by atoms with E-state index in [2.05, 4.69) is 0 Å². The molecular weight excluding hydrogens is 399 g/mol. The number of para-hydroxylation sites is 1. The molecule has 2 unspecified atom stereocenters. The highest BCUT2D eigenvalue weighted by Crippen LogP contribution is 2.22. The highest BCUT2D eigenvalue weighted by molar-refractivity contribution is 5.97. The van der Waals surface area contributed by atoms with Gasteiger partial charge in [-0.25, -0.2) is 4.39 Å². The zero-order valence-electron chi connectivity index (χ0n) is 18.2. The molecule has 6 nitrogen and oxygen atoms in total. The number of hydrogen-bond donors (Lipinski definition) is 0. The van der Waals surface area contributed by atoms with Gasteiger partial charge in [-0.3, -0.25) is 9.59 Å².